The summed E-state index contributed by atoms with van der Waals surface area (Å²) in [6.07, 6.45) is 3.96. The van der Waals surface area contributed by atoms with Crippen LogP contribution in [-0.2, 0) is 16.4 Å². The average Bonchev–Trinajstić information content (AvgIpc) is 2.74. The maximum Gasteiger partial charge on any atom is 0.243 e. The summed E-state index contributed by atoms with van der Waals surface area (Å²) < 4.78 is 33.5. The van der Waals surface area contributed by atoms with Crippen LogP contribution in [0.5, 0.6) is 5.75 Å². The summed E-state index contributed by atoms with van der Waals surface area (Å²) in [5.74, 6) is 0.759. The lowest BCUT2D eigenvalue weighted by molar-refractivity contribution is 0.136. The summed E-state index contributed by atoms with van der Waals surface area (Å²) in [5, 5.41) is 1.04. The third kappa shape index (κ3) is 3.75. The van der Waals surface area contributed by atoms with Crippen molar-refractivity contribution in [1.82, 2.24) is 9.29 Å². The highest BCUT2D eigenvalue weighted by molar-refractivity contribution is 7.89. The van der Waals surface area contributed by atoms with E-state index in [9.17, 15) is 8.42 Å². The second-order valence-corrected chi connectivity index (χ2v) is 8.99. The zero-order valence-electron chi connectivity index (χ0n) is 15.9. The molecule has 6 heteroatoms. The Morgan fingerprint density at radius 3 is 2.46 bits per heavy atom. The van der Waals surface area contributed by atoms with Crippen molar-refractivity contribution in [3.8, 4) is 5.75 Å². The summed E-state index contributed by atoms with van der Waals surface area (Å²) in [6, 6.07) is 17.0. The predicted molar refractivity (Wildman–Crippen MR) is 110 cm³/mol. The number of hydrogen-bond acceptors (Lipinski definition) is 4. The topological polar surface area (TPSA) is 59.5 Å². The van der Waals surface area contributed by atoms with Crippen LogP contribution >= 0.6 is 0 Å². The predicted octanol–water partition coefficient (Wildman–Crippen LogP) is 4.03. The number of hydrogen-bond donors (Lipinski definition) is 0. The van der Waals surface area contributed by atoms with Gasteiger partial charge < -0.3 is 4.74 Å². The first kappa shape index (κ1) is 18.9. The molecule has 1 aromatic heterocycles. The maximum atomic E-state index is 12.9. The van der Waals surface area contributed by atoms with Gasteiger partial charge in [-0.25, -0.2) is 8.42 Å². The number of fused-ring (bicyclic) bond motifs is 1. The monoisotopic (exact) mass is 396 g/mol. The Labute approximate surface area is 166 Å². The molecule has 0 unspecified atom stereocenters. The fourth-order valence-electron chi connectivity index (χ4n) is 3.59. The highest BCUT2D eigenvalue weighted by atomic mass is 32.2. The number of nitrogens with zero attached hydrogens (tertiary/aromatic N) is 2. The first-order chi connectivity index (χ1) is 13.6. The van der Waals surface area contributed by atoms with Gasteiger partial charge in [0.25, 0.3) is 0 Å². The van der Waals surface area contributed by atoms with E-state index in [1.165, 1.54) is 0 Å². The van der Waals surface area contributed by atoms with Crippen molar-refractivity contribution in [3.05, 3.63) is 66.4 Å². The molecule has 146 valence electrons. The normalized spacial score (nSPS) is 16.3. The number of para-hydroxylation sites is 1. The molecule has 28 heavy (non-hydrogen) atoms. The van der Waals surface area contributed by atoms with Crippen LogP contribution in [0.25, 0.3) is 10.9 Å². The van der Waals surface area contributed by atoms with E-state index >= 15 is 0 Å². The Morgan fingerprint density at radius 2 is 1.75 bits per heavy atom. The number of piperidine rings is 1. The van der Waals surface area contributed by atoms with Gasteiger partial charge >= 0.3 is 0 Å². The van der Waals surface area contributed by atoms with E-state index in [-0.39, 0.29) is 6.10 Å². The van der Waals surface area contributed by atoms with Crippen LogP contribution < -0.4 is 4.74 Å². The van der Waals surface area contributed by atoms with Gasteiger partial charge in [0.05, 0.1) is 4.90 Å². The SMILES string of the molecule is CCc1ccc(S(=O)(=O)N2CCC(Oc3cccc4cccnc34)CC2)cc1. The molecular weight excluding hydrogens is 372 g/mol. The van der Waals surface area contributed by atoms with Gasteiger partial charge in [-0.15, -0.1) is 0 Å². The molecule has 4 rings (SSSR count). The second kappa shape index (κ2) is 7.89. The number of sulfonamides is 1. The van der Waals surface area contributed by atoms with Crippen LogP contribution in [0.2, 0.25) is 0 Å². The average molecular weight is 397 g/mol. The number of pyridine rings is 1. The zero-order valence-corrected chi connectivity index (χ0v) is 16.7. The lowest BCUT2D eigenvalue weighted by Crippen LogP contribution is -2.41. The van der Waals surface area contributed by atoms with Crippen molar-refractivity contribution in [2.75, 3.05) is 13.1 Å². The summed E-state index contributed by atoms with van der Waals surface area (Å²) in [4.78, 5) is 4.79. The standard InChI is InChI=1S/C22H24N2O3S/c1-2-17-8-10-20(11-9-17)28(25,26)24-15-12-19(13-16-24)27-21-7-3-5-18-6-4-14-23-22(18)21/h3-11,14,19H,2,12-13,15-16H2,1H3. The molecule has 1 aliphatic rings. The first-order valence-corrected chi connectivity index (χ1v) is 11.1. The minimum atomic E-state index is -3.45. The smallest absolute Gasteiger partial charge is 0.243 e. The van der Waals surface area contributed by atoms with E-state index in [0.717, 1.165) is 28.6 Å². The van der Waals surface area contributed by atoms with E-state index in [0.29, 0.717) is 30.8 Å². The highest BCUT2D eigenvalue weighted by Gasteiger charge is 2.30. The molecule has 0 amide bonds. The number of aryl methyl sites for hydroxylation is 1. The van der Waals surface area contributed by atoms with E-state index in [4.69, 9.17) is 4.74 Å². The van der Waals surface area contributed by atoms with Crippen molar-refractivity contribution < 1.29 is 13.2 Å². The molecule has 1 saturated heterocycles. The van der Waals surface area contributed by atoms with Crippen LogP contribution in [0.3, 0.4) is 0 Å². The maximum absolute atomic E-state index is 12.9. The van der Waals surface area contributed by atoms with Crippen LogP contribution in [0.15, 0.2) is 65.7 Å². The van der Waals surface area contributed by atoms with E-state index in [1.807, 2.05) is 42.5 Å². The number of aromatic nitrogens is 1. The summed E-state index contributed by atoms with van der Waals surface area (Å²) in [6.45, 7) is 2.97. The van der Waals surface area contributed by atoms with Gasteiger partial charge in [-0.05, 0) is 49.1 Å². The number of ether oxygens (including phenoxy) is 1. The summed E-state index contributed by atoms with van der Waals surface area (Å²) in [5.41, 5.74) is 1.98. The van der Waals surface area contributed by atoms with E-state index in [1.54, 1.807) is 22.6 Å². The Balaban J connectivity index is 1.44. The van der Waals surface area contributed by atoms with Crippen LogP contribution in [0, 0.1) is 0 Å². The quantitative estimate of drug-likeness (QED) is 0.653. The Kier molecular flexibility index (Phi) is 5.33. The molecule has 0 spiro atoms. The first-order valence-electron chi connectivity index (χ1n) is 9.67. The van der Waals surface area contributed by atoms with Gasteiger partial charge in [0.2, 0.25) is 10.0 Å². The van der Waals surface area contributed by atoms with Gasteiger partial charge in [0.15, 0.2) is 0 Å². The lowest BCUT2D eigenvalue weighted by atomic mass is 10.1. The summed E-state index contributed by atoms with van der Waals surface area (Å²) in [7, 11) is -3.45. The third-order valence-corrected chi connectivity index (χ3v) is 7.17. The van der Waals surface area contributed by atoms with Crippen LogP contribution in [0.4, 0.5) is 0 Å². The fraction of sp³-hybridized carbons (Fsp3) is 0.318. The van der Waals surface area contributed by atoms with Gasteiger partial charge in [-0.1, -0.05) is 37.3 Å². The molecule has 0 bridgehead atoms. The molecule has 5 nitrogen and oxygen atoms in total. The molecule has 0 aliphatic carbocycles. The van der Waals surface area contributed by atoms with Gasteiger partial charge in [-0.3, -0.25) is 4.98 Å². The van der Waals surface area contributed by atoms with Crippen molar-refractivity contribution >= 4 is 20.9 Å². The third-order valence-electron chi connectivity index (χ3n) is 5.26. The van der Waals surface area contributed by atoms with Crippen LogP contribution in [0.1, 0.15) is 25.3 Å². The molecule has 3 aromatic rings. The molecular formula is C22H24N2O3S. The molecule has 0 N–H and O–H groups in total. The minimum absolute atomic E-state index is 0.0125. The van der Waals surface area contributed by atoms with E-state index < -0.39 is 10.0 Å². The number of benzene rings is 2. The minimum Gasteiger partial charge on any atom is -0.488 e. The lowest BCUT2D eigenvalue weighted by Gasteiger charge is -2.31. The molecule has 0 saturated carbocycles. The molecule has 0 atom stereocenters. The zero-order chi connectivity index (χ0) is 19.6. The van der Waals surface area contributed by atoms with Gasteiger partial charge in [0, 0.05) is 24.7 Å². The Hall–Kier alpha value is -2.44. The van der Waals surface area contributed by atoms with Crippen molar-refractivity contribution in [2.45, 2.75) is 37.2 Å². The molecule has 2 heterocycles. The fourth-order valence-corrected chi connectivity index (χ4v) is 5.06. The Morgan fingerprint density at radius 1 is 1.04 bits per heavy atom. The molecule has 1 fully saturated rings. The number of rotatable bonds is 5. The van der Waals surface area contributed by atoms with Crippen molar-refractivity contribution in [1.29, 1.82) is 0 Å². The van der Waals surface area contributed by atoms with E-state index in [2.05, 4.69) is 11.9 Å². The van der Waals surface area contributed by atoms with Gasteiger partial charge in [-0.2, -0.15) is 4.31 Å². The van der Waals surface area contributed by atoms with Crippen LogP contribution in [-0.4, -0.2) is 36.9 Å². The largest absolute Gasteiger partial charge is 0.488 e. The second-order valence-electron chi connectivity index (χ2n) is 7.05. The van der Waals surface area contributed by atoms with Crippen molar-refractivity contribution in [2.24, 2.45) is 0 Å². The Bertz CT molecular complexity index is 1050. The molecule has 1 aliphatic heterocycles. The van der Waals surface area contributed by atoms with Crippen molar-refractivity contribution in [3.63, 3.8) is 0 Å². The molecule has 2 aromatic carbocycles. The molecule has 0 radical (unpaired) electrons. The highest BCUT2D eigenvalue weighted by Crippen LogP contribution is 2.28. The van der Waals surface area contributed by atoms with Gasteiger partial charge in [0.1, 0.15) is 17.4 Å². The summed E-state index contributed by atoms with van der Waals surface area (Å²) >= 11 is 0.